The van der Waals surface area contributed by atoms with Crippen LogP contribution in [0, 0.1) is 5.82 Å². The van der Waals surface area contributed by atoms with Crippen LogP contribution in [0.1, 0.15) is 18.5 Å². The fraction of sp³-hybridized carbons (Fsp3) is 0.214. The van der Waals surface area contributed by atoms with Gasteiger partial charge in [-0.15, -0.1) is 0 Å². The Morgan fingerprint density at radius 1 is 1.32 bits per heavy atom. The number of nitrogens with one attached hydrogen (secondary N) is 1. The number of ether oxygens (including phenoxy) is 1. The third-order valence-corrected chi connectivity index (χ3v) is 3.25. The molecule has 0 radical (unpaired) electrons. The number of hydrogen-bond acceptors (Lipinski definition) is 3. The van der Waals surface area contributed by atoms with Crippen LogP contribution >= 0.6 is 15.9 Å². The van der Waals surface area contributed by atoms with Gasteiger partial charge < -0.3 is 10.1 Å². The summed E-state index contributed by atoms with van der Waals surface area (Å²) in [6.07, 6.45) is 1.66. The predicted octanol–water partition coefficient (Wildman–Crippen LogP) is 4.16. The molecule has 3 nitrogen and oxygen atoms in total. The maximum absolute atomic E-state index is 13.8. The van der Waals surface area contributed by atoms with Gasteiger partial charge in [-0.05, 0) is 25.1 Å². The number of hydrogen-bond donors (Lipinski definition) is 1. The Morgan fingerprint density at radius 2 is 2.11 bits per heavy atom. The Morgan fingerprint density at radius 3 is 2.68 bits per heavy atom. The number of benzene rings is 1. The summed E-state index contributed by atoms with van der Waals surface area (Å²) in [5.74, 6) is 0.309. The molecule has 0 spiro atoms. The van der Waals surface area contributed by atoms with Crippen LogP contribution in [0.3, 0.4) is 0 Å². The number of aromatic nitrogens is 1. The summed E-state index contributed by atoms with van der Waals surface area (Å²) in [6.45, 7) is 1.90. The summed E-state index contributed by atoms with van der Waals surface area (Å²) in [4.78, 5) is 4.09. The van der Waals surface area contributed by atoms with Gasteiger partial charge in [0.05, 0.1) is 25.0 Å². The maximum Gasteiger partial charge on any atom is 0.213 e. The average molecular weight is 325 g/mol. The van der Waals surface area contributed by atoms with Gasteiger partial charge in [-0.1, -0.05) is 22.0 Å². The second-order valence-electron chi connectivity index (χ2n) is 4.12. The van der Waals surface area contributed by atoms with Crippen molar-refractivity contribution in [3.8, 4) is 5.88 Å². The lowest BCUT2D eigenvalue weighted by molar-refractivity contribution is 0.398. The van der Waals surface area contributed by atoms with E-state index in [0.29, 0.717) is 11.4 Å². The molecule has 0 saturated carbocycles. The van der Waals surface area contributed by atoms with Gasteiger partial charge in [0.2, 0.25) is 5.88 Å². The number of halogens is 2. The summed E-state index contributed by atoms with van der Waals surface area (Å²) >= 11 is 3.24. The monoisotopic (exact) mass is 324 g/mol. The highest BCUT2D eigenvalue weighted by atomic mass is 79.9. The molecule has 0 saturated heterocycles. The van der Waals surface area contributed by atoms with Crippen molar-refractivity contribution in [1.82, 2.24) is 4.98 Å². The van der Waals surface area contributed by atoms with Crippen LogP contribution in [0.25, 0.3) is 0 Å². The van der Waals surface area contributed by atoms with Crippen LogP contribution in [0.4, 0.5) is 10.1 Å². The Labute approximate surface area is 119 Å². The smallest absolute Gasteiger partial charge is 0.213 e. The molecule has 1 aromatic heterocycles. The number of anilines is 1. The lowest BCUT2D eigenvalue weighted by Crippen LogP contribution is -2.08. The molecule has 100 valence electrons. The quantitative estimate of drug-likeness (QED) is 0.916. The molecule has 19 heavy (non-hydrogen) atoms. The fourth-order valence-electron chi connectivity index (χ4n) is 1.77. The van der Waals surface area contributed by atoms with E-state index in [9.17, 15) is 4.39 Å². The molecule has 0 aliphatic carbocycles. The first-order valence-corrected chi connectivity index (χ1v) is 6.61. The summed E-state index contributed by atoms with van der Waals surface area (Å²) < 4.78 is 19.5. The van der Waals surface area contributed by atoms with E-state index in [4.69, 9.17) is 4.74 Å². The van der Waals surface area contributed by atoms with Crippen molar-refractivity contribution in [2.24, 2.45) is 0 Å². The standard InChI is InChI=1S/C14H14BrFN2O/c1-9(12-5-3-10(15)7-13(12)16)18-11-4-6-14(19-2)17-8-11/h3-9,18H,1-2H3. The van der Waals surface area contributed by atoms with E-state index in [1.165, 1.54) is 6.07 Å². The Kier molecular flexibility index (Phi) is 4.37. The highest BCUT2D eigenvalue weighted by Gasteiger charge is 2.11. The second-order valence-corrected chi connectivity index (χ2v) is 5.04. The van der Waals surface area contributed by atoms with E-state index in [0.717, 1.165) is 10.2 Å². The van der Waals surface area contributed by atoms with Gasteiger partial charge >= 0.3 is 0 Å². The number of pyridine rings is 1. The fourth-order valence-corrected chi connectivity index (χ4v) is 2.10. The topological polar surface area (TPSA) is 34.1 Å². The van der Waals surface area contributed by atoms with E-state index < -0.39 is 0 Å². The summed E-state index contributed by atoms with van der Waals surface area (Å²) in [5, 5.41) is 3.20. The predicted molar refractivity (Wildman–Crippen MR) is 76.9 cm³/mol. The molecular weight excluding hydrogens is 311 g/mol. The molecule has 5 heteroatoms. The molecule has 0 amide bonds. The average Bonchev–Trinajstić information content (AvgIpc) is 2.39. The zero-order chi connectivity index (χ0) is 13.8. The molecule has 1 heterocycles. The first-order valence-electron chi connectivity index (χ1n) is 5.81. The Hall–Kier alpha value is -1.62. The Balaban J connectivity index is 2.13. The SMILES string of the molecule is COc1ccc(NC(C)c2ccc(Br)cc2F)cn1. The normalized spacial score (nSPS) is 12.0. The maximum atomic E-state index is 13.8. The third-order valence-electron chi connectivity index (χ3n) is 2.76. The molecule has 1 unspecified atom stereocenters. The van der Waals surface area contributed by atoms with Crippen LogP contribution in [-0.2, 0) is 0 Å². The van der Waals surface area contributed by atoms with Gasteiger partial charge in [0, 0.05) is 16.1 Å². The molecule has 0 bridgehead atoms. The van der Waals surface area contributed by atoms with E-state index >= 15 is 0 Å². The van der Waals surface area contributed by atoms with Crippen molar-refractivity contribution in [1.29, 1.82) is 0 Å². The molecule has 0 aliphatic heterocycles. The van der Waals surface area contributed by atoms with Crippen LogP contribution in [0.2, 0.25) is 0 Å². The van der Waals surface area contributed by atoms with Crippen LogP contribution in [0.15, 0.2) is 41.0 Å². The van der Waals surface area contributed by atoms with Gasteiger partial charge in [0.25, 0.3) is 0 Å². The van der Waals surface area contributed by atoms with Gasteiger partial charge in [0.15, 0.2) is 0 Å². The summed E-state index contributed by atoms with van der Waals surface area (Å²) in [7, 11) is 1.56. The minimum absolute atomic E-state index is 0.150. The molecule has 1 atom stereocenters. The highest BCUT2D eigenvalue weighted by molar-refractivity contribution is 9.10. The van der Waals surface area contributed by atoms with Crippen molar-refractivity contribution in [3.05, 3.63) is 52.4 Å². The lowest BCUT2D eigenvalue weighted by Gasteiger charge is -2.16. The second kappa shape index (κ2) is 6.02. The van der Waals surface area contributed by atoms with Crippen molar-refractivity contribution >= 4 is 21.6 Å². The van der Waals surface area contributed by atoms with Crippen LogP contribution < -0.4 is 10.1 Å². The zero-order valence-electron chi connectivity index (χ0n) is 10.7. The first kappa shape index (κ1) is 13.8. The van der Waals surface area contributed by atoms with Crippen molar-refractivity contribution in [2.45, 2.75) is 13.0 Å². The molecule has 2 rings (SSSR count). The van der Waals surface area contributed by atoms with Crippen molar-refractivity contribution < 1.29 is 9.13 Å². The first-order chi connectivity index (χ1) is 9.10. The van der Waals surface area contributed by atoms with Gasteiger partial charge in [-0.3, -0.25) is 0 Å². The van der Waals surface area contributed by atoms with E-state index in [1.54, 1.807) is 25.4 Å². The Bertz CT molecular complexity index is 560. The number of rotatable bonds is 4. The molecule has 0 fully saturated rings. The molecule has 2 aromatic rings. The van der Waals surface area contributed by atoms with Gasteiger partial charge in [-0.2, -0.15) is 0 Å². The van der Waals surface area contributed by atoms with E-state index in [1.807, 2.05) is 19.1 Å². The van der Waals surface area contributed by atoms with E-state index in [-0.39, 0.29) is 11.9 Å². The molecule has 1 aromatic carbocycles. The van der Waals surface area contributed by atoms with Crippen LogP contribution in [0.5, 0.6) is 5.88 Å². The molecular formula is C14H14BrFN2O. The summed E-state index contributed by atoms with van der Waals surface area (Å²) in [5.41, 5.74) is 1.43. The zero-order valence-corrected chi connectivity index (χ0v) is 12.2. The van der Waals surface area contributed by atoms with Gasteiger partial charge in [-0.25, -0.2) is 9.37 Å². The molecule has 1 N–H and O–H groups in total. The minimum atomic E-state index is -0.240. The largest absolute Gasteiger partial charge is 0.481 e. The van der Waals surface area contributed by atoms with Crippen molar-refractivity contribution in [3.63, 3.8) is 0 Å². The third kappa shape index (κ3) is 3.44. The van der Waals surface area contributed by atoms with Crippen molar-refractivity contribution in [2.75, 3.05) is 12.4 Å². The van der Waals surface area contributed by atoms with Gasteiger partial charge in [0.1, 0.15) is 5.82 Å². The van der Waals surface area contributed by atoms with E-state index in [2.05, 4.69) is 26.2 Å². The summed E-state index contributed by atoms with van der Waals surface area (Å²) in [6, 6.07) is 8.49. The number of nitrogens with zero attached hydrogens (tertiary/aromatic N) is 1. The molecule has 0 aliphatic rings. The number of methoxy groups -OCH3 is 1. The minimum Gasteiger partial charge on any atom is -0.481 e. The highest BCUT2D eigenvalue weighted by Crippen LogP contribution is 2.24. The lowest BCUT2D eigenvalue weighted by atomic mass is 10.1. The van der Waals surface area contributed by atoms with Crippen LogP contribution in [-0.4, -0.2) is 12.1 Å².